The number of carboxylic acid groups (broad SMARTS) is 1. The first-order valence-electron chi connectivity index (χ1n) is 5.98. The van der Waals surface area contributed by atoms with Crippen LogP contribution in [-0.4, -0.2) is 17.0 Å². The van der Waals surface area contributed by atoms with Gasteiger partial charge in [0.1, 0.15) is 5.82 Å². The van der Waals surface area contributed by atoms with Crippen molar-refractivity contribution in [1.29, 1.82) is 0 Å². The zero-order valence-electron chi connectivity index (χ0n) is 10.0. The third-order valence-corrected chi connectivity index (χ3v) is 4.25. The third kappa shape index (κ3) is 3.23. The van der Waals surface area contributed by atoms with Crippen LogP contribution in [-0.2, 0) is 9.59 Å². The number of benzene rings is 1. The number of amides is 1. The number of halogens is 2. The standard InChI is InChI=1S/C13H13FINO3/c14-7-4-5-11(10(15)6-7)16-12(17)8-2-1-3-9(8)13(18)19/h4-6,8-9H,1-3H2,(H,16,17)(H,18,19)/t8-,9+/m1/s1. The maximum atomic E-state index is 13.0. The second-order valence-electron chi connectivity index (χ2n) is 4.60. The monoisotopic (exact) mass is 377 g/mol. The van der Waals surface area contributed by atoms with E-state index in [2.05, 4.69) is 5.32 Å². The van der Waals surface area contributed by atoms with Crippen molar-refractivity contribution in [3.8, 4) is 0 Å². The summed E-state index contributed by atoms with van der Waals surface area (Å²) in [6, 6.07) is 4.07. The van der Waals surface area contributed by atoms with Crippen molar-refractivity contribution >= 4 is 40.2 Å². The minimum absolute atomic E-state index is 0.297. The summed E-state index contributed by atoms with van der Waals surface area (Å²) in [4.78, 5) is 23.1. The van der Waals surface area contributed by atoms with Crippen molar-refractivity contribution in [3.63, 3.8) is 0 Å². The molecule has 0 saturated heterocycles. The SMILES string of the molecule is O=C(O)[C@H]1CCC[C@H]1C(=O)Nc1ccc(F)cc1I. The number of carbonyl (C=O) groups excluding carboxylic acids is 1. The number of anilines is 1. The molecule has 1 aliphatic rings. The summed E-state index contributed by atoms with van der Waals surface area (Å²) in [7, 11) is 0. The van der Waals surface area contributed by atoms with E-state index < -0.39 is 17.8 Å². The summed E-state index contributed by atoms with van der Waals surface area (Å²) in [5.74, 6) is -2.70. The number of rotatable bonds is 3. The van der Waals surface area contributed by atoms with E-state index in [0.717, 1.165) is 6.42 Å². The fraction of sp³-hybridized carbons (Fsp3) is 0.385. The van der Waals surface area contributed by atoms with Gasteiger partial charge in [0.15, 0.2) is 0 Å². The lowest BCUT2D eigenvalue weighted by Crippen LogP contribution is -2.30. The molecule has 1 aromatic rings. The van der Waals surface area contributed by atoms with Gasteiger partial charge in [0.05, 0.1) is 17.5 Å². The lowest BCUT2D eigenvalue weighted by molar-refractivity contribution is -0.145. The molecular weight excluding hydrogens is 364 g/mol. The number of carboxylic acids is 1. The van der Waals surface area contributed by atoms with Gasteiger partial charge in [-0.2, -0.15) is 0 Å². The molecule has 0 aliphatic heterocycles. The normalized spacial score (nSPS) is 22.2. The molecule has 0 heterocycles. The van der Waals surface area contributed by atoms with E-state index in [1.165, 1.54) is 18.2 Å². The molecule has 0 bridgehead atoms. The highest BCUT2D eigenvalue weighted by Gasteiger charge is 2.37. The fourth-order valence-electron chi connectivity index (χ4n) is 2.39. The van der Waals surface area contributed by atoms with Crippen molar-refractivity contribution in [1.82, 2.24) is 0 Å². The zero-order valence-corrected chi connectivity index (χ0v) is 12.2. The Hall–Kier alpha value is -1.18. The highest BCUT2D eigenvalue weighted by atomic mass is 127. The Balaban J connectivity index is 2.10. The quantitative estimate of drug-likeness (QED) is 0.797. The van der Waals surface area contributed by atoms with Crippen LogP contribution in [0.5, 0.6) is 0 Å². The number of aliphatic carboxylic acids is 1. The summed E-state index contributed by atoms with van der Waals surface area (Å²) in [5.41, 5.74) is 0.517. The van der Waals surface area contributed by atoms with Crippen molar-refractivity contribution in [2.24, 2.45) is 11.8 Å². The van der Waals surface area contributed by atoms with Gasteiger partial charge in [-0.25, -0.2) is 4.39 Å². The molecule has 0 aromatic heterocycles. The van der Waals surface area contributed by atoms with Crippen LogP contribution in [0.15, 0.2) is 18.2 Å². The van der Waals surface area contributed by atoms with Crippen molar-refractivity contribution in [2.45, 2.75) is 19.3 Å². The number of carbonyl (C=O) groups is 2. The van der Waals surface area contributed by atoms with Gasteiger partial charge in [-0.1, -0.05) is 6.42 Å². The van der Waals surface area contributed by atoms with Gasteiger partial charge in [-0.15, -0.1) is 0 Å². The van der Waals surface area contributed by atoms with Crippen LogP contribution < -0.4 is 5.32 Å². The molecular formula is C13H13FINO3. The maximum absolute atomic E-state index is 13.0. The van der Waals surface area contributed by atoms with Gasteiger partial charge in [-0.3, -0.25) is 9.59 Å². The van der Waals surface area contributed by atoms with E-state index in [1.54, 1.807) is 0 Å². The van der Waals surface area contributed by atoms with Crippen molar-refractivity contribution in [2.75, 3.05) is 5.32 Å². The summed E-state index contributed by atoms with van der Waals surface area (Å²) in [6.45, 7) is 0. The maximum Gasteiger partial charge on any atom is 0.307 e. The molecule has 1 aromatic carbocycles. The van der Waals surface area contributed by atoms with Crippen LogP contribution in [0.25, 0.3) is 0 Å². The topological polar surface area (TPSA) is 66.4 Å². The van der Waals surface area contributed by atoms with Gasteiger partial charge >= 0.3 is 5.97 Å². The first kappa shape index (κ1) is 14.2. The first-order valence-corrected chi connectivity index (χ1v) is 7.05. The van der Waals surface area contributed by atoms with Crippen LogP contribution in [0.4, 0.5) is 10.1 Å². The lowest BCUT2D eigenvalue weighted by Gasteiger charge is -2.16. The first-order chi connectivity index (χ1) is 8.99. The van der Waals surface area contributed by atoms with E-state index in [1.807, 2.05) is 22.6 Å². The van der Waals surface area contributed by atoms with E-state index >= 15 is 0 Å². The molecule has 2 rings (SSSR count). The highest BCUT2D eigenvalue weighted by molar-refractivity contribution is 14.1. The number of hydrogen-bond donors (Lipinski definition) is 2. The Bertz CT molecular complexity index is 521. The van der Waals surface area contributed by atoms with E-state index in [4.69, 9.17) is 5.11 Å². The molecule has 2 N–H and O–H groups in total. The second-order valence-corrected chi connectivity index (χ2v) is 5.76. The summed E-state index contributed by atoms with van der Waals surface area (Å²) in [5, 5.41) is 11.7. The summed E-state index contributed by atoms with van der Waals surface area (Å²) < 4.78 is 13.6. The van der Waals surface area contributed by atoms with Crippen LogP contribution in [0.3, 0.4) is 0 Å². The fourth-order valence-corrected chi connectivity index (χ4v) is 3.00. The smallest absolute Gasteiger partial charge is 0.307 e. The van der Waals surface area contributed by atoms with Gasteiger partial charge in [0.25, 0.3) is 0 Å². The van der Waals surface area contributed by atoms with Gasteiger partial charge in [0.2, 0.25) is 5.91 Å². The van der Waals surface area contributed by atoms with Crippen LogP contribution in [0, 0.1) is 21.2 Å². The number of hydrogen-bond acceptors (Lipinski definition) is 2. The van der Waals surface area contributed by atoms with Crippen molar-refractivity contribution in [3.05, 3.63) is 27.6 Å². The van der Waals surface area contributed by atoms with Gasteiger partial charge < -0.3 is 10.4 Å². The predicted molar refractivity (Wildman–Crippen MR) is 76.2 cm³/mol. The zero-order chi connectivity index (χ0) is 14.0. The predicted octanol–water partition coefficient (Wildman–Crippen LogP) is 2.87. The lowest BCUT2D eigenvalue weighted by atomic mass is 9.95. The molecule has 6 heteroatoms. The molecule has 1 amide bonds. The molecule has 1 saturated carbocycles. The molecule has 102 valence electrons. The Morgan fingerprint density at radius 1 is 1.32 bits per heavy atom. The minimum atomic E-state index is -0.925. The Morgan fingerprint density at radius 3 is 2.63 bits per heavy atom. The van der Waals surface area contributed by atoms with E-state index in [9.17, 15) is 14.0 Å². The summed E-state index contributed by atoms with van der Waals surface area (Å²) >= 11 is 1.93. The average Bonchev–Trinajstić information content (AvgIpc) is 2.82. The second kappa shape index (κ2) is 5.85. The Labute approximate surface area is 123 Å². The average molecular weight is 377 g/mol. The van der Waals surface area contributed by atoms with Crippen LogP contribution in [0.2, 0.25) is 0 Å². The third-order valence-electron chi connectivity index (χ3n) is 3.36. The van der Waals surface area contributed by atoms with Crippen LogP contribution in [0.1, 0.15) is 19.3 Å². The minimum Gasteiger partial charge on any atom is -0.481 e. The molecule has 1 fully saturated rings. The molecule has 1 aliphatic carbocycles. The molecule has 4 nitrogen and oxygen atoms in total. The molecule has 0 unspecified atom stereocenters. The van der Waals surface area contributed by atoms with Crippen LogP contribution >= 0.6 is 22.6 Å². The van der Waals surface area contributed by atoms with Crippen molar-refractivity contribution < 1.29 is 19.1 Å². The summed E-state index contributed by atoms with van der Waals surface area (Å²) in [6.07, 6.45) is 1.87. The molecule has 0 spiro atoms. The molecule has 0 radical (unpaired) electrons. The Kier molecular flexibility index (Phi) is 4.38. The van der Waals surface area contributed by atoms with E-state index in [-0.39, 0.29) is 11.7 Å². The van der Waals surface area contributed by atoms with Gasteiger partial charge in [0, 0.05) is 3.57 Å². The number of nitrogens with one attached hydrogen (secondary N) is 1. The Morgan fingerprint density at radius 2 is 2.00 bits per heavy atom. The largest absolute Gasteiger partial charge is 0.481 e. The van der Waals surface area contributed by atoms with Gasteiger partial charge in [-0.05, 0) is 53.6 Å². The molecule has 19 heavy (non-hydrogen) atoms. The van der Waals surface area contributed by atoms with E-state index in [0.29, 0.717) is 22.1 Å². The highest BCUT2D eigenvalue weighted by Crippen LogP contribution is 2.33. The molecule has 2 atom stereocenters.